The second kappa shape index (κ2) is 7.80. The number of carbonyl (C=O) groups excluding carboxylic acids is 1. The van der Waals surface area contributed by atoms with Gasteiger partial charge in [0.05, 0.1) is 0 Å². The smallest absolute Gasteiger partial charge is 0.244 e. The molecule has 4 rings (SSSR count). The van der Waals surface area contributed by atoms with Crippen molar-refractivity contribution in [3.63, 3.8) is 0 Å². The van der Waals surface area contributed by atoms with Crippen LogP contribution in [0, 0.1) is 11.7 Å². The van der Waals surface area contributed by atoms with E-state index in [9.17, 15) is 4.79 Å². The lowest BCUT2D eigenvalue weighted by Gasteiger charge is -2.09. The molecule has 0 unspecified atom stereocenters. The highest BCUT2D eigenvalue weighted by Gasteiger charge is 2.13. The molecule has 4 aromatic rings. The minimum atomic E-state index is -0.203. The van der Waals surface area contributed by atoms with Crippen molar-refractivity contribution >= 4 is 23.8 Å². The molecule has 9 heteroatoms. The highest BCUT2D eigenvalue weighted by atomic mass is 32.1. The Morgan fingerprint density at radius 3 is 2.66 bits per heavy atom. The first-order valence-electron chi connectivity index (χ1n) is 8.98. The Balaban J connectivity index is 1.54. The van der Waals surface area contributed by atoms with Crippen LogP contribution in [0.4, 0.5) is 5.69 Å². The molecule has 0 radical (unpaired) electrons. The zero-order chi connectivity index (χ0) is 20.4. The van der Waals surface area contributed by atoms with Crippen molar-refractivity contribution in [3.05, 3.63) is 65.2 Å². The Bertz CT molecular complexity index is 1220. The summed E-state index contributed by atoms with van der Waals surface area (Å²) in [7, 11) is 1.87. The summed E-state index contributed by atoms with van der Waals surface area (Å²) in [6.07, 6.45) is 1.63. The molecule has 2 N–H and O–H groups in total. The fourth-order valence-corrected chi connectivity index (χ4v) is 3.21. The van der Waals surface area contributed by atoms with E-state index in [1.807, 2.05) is 67.1 Å². The molecule has 0 saturated carbocycles. The minimum Gasteiger partial charge on any atom is -0.325 e. The number of benzene rings is 2. The Morgan fingerprint density at radius 2 is 1.93 bits per heavy atom. The van der Waals surface area contributed by atoms with Gasteiger partial charge in [-0.3, -0.25) is 14.5 Å². The molecule has 0 aliphatic carbocycles. The van der Waals surface area contributed by atoms with Crippen LogP contribution in [0.15, 0.2) is 54.9 Å². The van der Waals surface area contributed by atoms with E-state index in [0.717, 1.165) is 22.5 Å². The van der Waals surface area contributed by atoms with Gasteiger partial charge < -0.3 is 9.88 Å². The SMILES string of the molecule is Cc1ccc(-c2n[nH]c(=S)n2CC(=O)Nc2cccc(-c3nncn3C)c2)cc1. The lowest BCUT2D eigenvalue weighted by atomic mass is 10.1. The van der Waals surface area contributed by atoms with Gasteiger partial charge in [0, 0.05) is 23.9 Å². The number of amides is 1. The first-order valence-corrected chi connectivity index (χ1v) is 9.38. The van der Waals surface area contributed by atoms with Gasteiger partial charge in [-0.2, -0.15) is 5.10 Å². The van der Waals surface area contributed by atoms with E-state index in [1.54, 1.807) is 10.9 Å². The third-order valence-corrected chi connectivity index (χ3v) is 4.80. The quantitative estimate of drug-likeness (QED) is 0.497. The van der Waals surface area contributed by atoms with Crippen LogP contribution in [0.25, 0.3) is 22.8 Å². The fourth-order valence-electron chi connectivity index (χ4n) is 3.01. The van der Waals surface area contributed by atoms with Crippen molar-refractivity contribution in [1.82, 2.24) is 29.5 Å². The molecule has 1 amide bonds. The van der Waals surface area contributed by atoms with Crippen LogP contribution in [-0.2, 0) is 18.4 Å². The summed E-state index contributed by atoms with van der Waals surface area (Å²) in [5, 5.41) is 18.0. The largest absolute Gasteiger partial charge is 0.325 e. The van der Waals surface area contributed by atoms with Crippen molar-refractivity contribution in [3.8, 4) is 22.8 Å². The van der Waals surface area contributed by atoms with Gasteiger partial charge in [-0.05, 0) is 31.3 Å². The number of H-pyrrole nitrogens is 1. The Labute approximate surface area is 172 Å². The Morgan fingerprint density at radius 1 is 1.14 bits per heavy atom. The molecule has 146 valence electrons. The van der Waals surface area contributed by atoms with Gasteiger partial charge >= 0.3 is 0 Å². The van der Waals surface area contributed by atoms with Crippen molar-refractivity contribution in [2.24, 2.45) is 7.05 Å². The van der Waals surface area contributed by atoms with Gasteiger partial charge in [-0.15, -0.1) is 10.2 Å². The number of aromatic amines is 1. The molecule has 2 aromatic heterocycles. The summed E-state index contributed by atoms with van der Waals surface area (Å²) in [5.41, 5.74) is 3.57. The van der Waals surface area contributed by atoms with E-state index >= 15 is 0 Å². The van der Waals surface area contributed by atoms with Crippen LogP contribution < -0.4 is 5.32 Å². The topological polar surface area (TPSA) is 93.4 Å². The van der Waals surface area contributed by atoms with E-state index in [2.05, 4.69) is 25.7 Å². The predicted molar refractivity (Wildman–Crippen MR) is 113 cm³/mol. The van der Waals surface area contributed by atoms with Crippen molar-refractivity contribution in [2.75, 3.05) is 5.32 Å². The number of rotatable bonds is 5. The number of anilines is 1. The molecular weight excluding hydrogens is 386 g/mol. The van der Waals surface area contributed by atoms with Gasteiger partial charge in [0.1, 0.15) is 12.9 Å². The molecule has 29 heavy (non-hydrogen) atoms. The average Bonchev–Trinajstić information content (AvgIpc) is 3.29. The molecule has 2 heterocycles. The second-order valence-electron chi connectivity index (χ2n) is 6.70. The van der Waals surface area contributed by atoms with Gasteiger partial charge in [-0.1, -0.05) is 42.0 Å². The number of hydrogen-bond acceptors (Lipinski definition) is 5. The van der Waals surface area contributed by atoms with Crippen molar-refractivity contribution in [1.29, 1.82) is 0 Å². The standard InChI is InChI=1S/C20H19N7OS/c1-13-6-8-14(9-7-13)19-24-25-20(29)27(19)11-17(28)22-16-5-3-4-15(10-16)18-23-21-12-26(18)2/h3-10,12H,11H2,1-2H3,(H,22,28)(H,25,29). The summed E-state index contributed by atoms with van der Waals surface area (Å²) in [4.78, 5) is 12.7. The minimum absolute atomic E-state index is 0.0483. The maximum absolute atomic E-state index is 12.7. The lowest BCUT2D eigenvalue weighted by Crippen LogP contribution is -2.19. The molecular formula is C20H19N7OS. The Hall–Kier alpha value is -3.59. The first kappa shape index (κ1) is 18.8. The molecule has 8 nitrogen and oxygen atoms in total. The van der Waals surface area contributed by atoms with E-state index < -0.39 is 0 Å². The molecule has 2 aromatic carbocycles. The maximum atomic E-state index is 12.7. The fraction of sp³-hybridized carbons (Fsp3) is 0.150. The highest BCUT2D eigenvalue weighted by molar-refractivity contribution is 7.71. The molecule has 0 fully saturated rings. The van der Waals surface area contributed by atoms with Gasteiger partial charge in [0.15, 0.2) is 16.4 Å². The van der Waals surface area contributed by atoms with Crippen molar-refractivity contribution in [2.45, 2.75) is 13.5 Å². The molecule has 0 aliphatic heterocycles. The number of aryl methyl sites for hydroxylation is 2. The molecule has 0 atom stereocenters. The third-order valence-electron chi connectivity index (χ3n) is 4.49. The number of nitrogens with zero attached hydrogens (tertiary/aromatic N) is 5. The van der Waals surface area contributed by atoms with Gasteiger partial charge in [0.2, 0.25) is 5.91 Å². The highest BCUT2D eigenvalue weighted by Crippen LogP contribution is 2.21. The summed E-state index contributed by atoms with van der Waals surface area (Å²) >= 11 is 5.32. The molecule has 0 saturated heterocycles. The average molecular weight is 405 g/mol. The number of aromatic nitrogens is 6. The zero-order valence-corrected chi connectivity index (χ0v) is 16.8. The summed E-state index contributed by atoms with van der Waals surface area (Å²) in [5.74, 6) is 1.14. The normalized spacial score (nSPS) is 10.8. The predicted octanol–water partition coefficient (Wildman–Crippen LogP) is 3.35. The van der Waals surface area contributed by atoms with E-state index in [1.165, 1.54) is 0 Å². The van der Waals surface area contributed by atoms with Crippen LogP contribution in [0.3, 0.4) is 0 Å². The van der Waals surface area contributed by atoms with Crippen LogP contribution in [0.1, 0.15) is 5.56 Å². The number of hydrogen-bond donors (Lipinski definition) is 2. The van der Waals surface area contributed by atoms with Crippen LogP contribution in [0.5, 0.6) is 0 Å². The zero-order valence-electron chi connectivity index (χ0n) is 16.0. The Kier molecular flexibility index (Phi) is 5.05. The summed E-state index contributed by atoms with van der Waals surface area (Å²) in [6, 6.07) is 15.4. The van der Waals surface area contributed by atoms with E-state index in [4.69, 9.17) is 12.2 Å². The summed E-state index contributed by atoms with van der Waals surface area (Å²) in [6.45, 7) is 2.07. The second-order valence-corrected chi connectivity index (χ2v) is 7.09. The molecule has 0 bridgehead atoms. The maximum Gasteiger partial charge on any atom is 0.244 e. The van der Waals surface area contributed by atoms with E-state index in [0.29, 0.717) is 16.3 Å². The summed E-state index contributed by atoms with van der Waals surface area (Å²) < 4.78 is 3.89. The number of carbonyl (C=O) groups is 1. The number of nitrogens with one attached hydrogen (secondary N) is 2. The van der Waals surface area contributed by atoms with Crippen LogP contribution in [0.2, 0.25) is 0 Å². The molecule has 0 spiro atoms. The monoisotopic (exact) mass is 405 g/mol. The van der Waals surface area contributed by atoms with Gasteiger partial charge in [-0.25, -0.2) is 0 Å². The van der Waals surface area contributed by atoms with Crippen molar-refractivity contribution < 1.29 is 4.79 Å². The van der Waals surface area contributed by atoms with E-state index in [-0.39, 0.29) is 12.5 Å². The van der Waals surface area contributed by atoms with Crippen LogP contribution in [-0.4, -0.2) is 35.4 Å². The van der Waals surface area contributed by atoms with Gasteiger partial charge in [0.25, 0.3) is 0 Å². The first-order chi connectivity index (χ1) is 14.0. The lowest BCUT2D eigenvalue weighted by molar-refractivity contribution is -0.116. The van der Waals surface area contributed by atoms with Crippen LogP contribution >= 0.6 is 12.2 Å². The third kappa shape index (κ3) is 3.99. The molecule has 0 aliphatic rings.